The van der Waals surface area contributed by atoms with Crippen molar-refractivity contribution in [2.75, 3.05) is 0 Å². The molecule has 0 unspecified atom stereocenters. The molecule has 0 N–H and O–H groups in total. The fourth-order valence-corrected chi connectivity index (χ4v) is 2.83. The summed E-state index contributed by atoms with van der Waals surface area (Å²) in [5.74, 6) is 0.227. The van der Waals surface area contributed by atoms with E-state index in [0.717, 1.165) is 12.1 Å². The van der Waals surface area contributed by atoms with Crippen molar-refractivity contribution in [2.24, 2.45) is 5.92 Å². The molecule has 6 heteroatoms. The molecule has 0 saturated heterocycles. The molecule has 0 spiro atoms. The molecule has 0 bridgehead atoms. The number of para-hydroxylation sites is 1. The van der Waals surface area contributed by atoms with Gasteiger partial charge in [0, 0.05) is 5.39 Å². The molecule has 0 amide bonds. The van der Waals surface area contributed by atoms with E-state index < -0.39 is 17.4 Å². The molecule has 25 heavy (non-hydrogen) atoms. The zero-order valence-electron chi connectivity index (χ0n) is 13.8. The lowest BCUT2D eigenvalue weighted by Gasteiger charge is -2.15. The van der Waals surface area contributed by atoms with E-state index in [1.807, 2.05) is 13.8 Å². The van der Waals surface area contributed by atoms with Crippen LogP contribution in [0.15, 0.2) is 53.3 Å². The van der Waals surface area contributed by atoms with Crippen LogP contribution in [0.1, 0.15) is 25.1 Å². The molecule has 0 fully saturated rings. The highest BCUT2D eigenvalue weighted by Gasteiger charge is 2.31. The number of hydrogen-bond donors (Lipinski definition) is 0. The standard InChI is InChI=1S/C19H17F3N2O/c1-12(2)10-16-15-9-8-13(19(20,21)22)11-17(15)24(18(25)23-16)14-6-4-3-5-7-14/h3-9,11-12H,10H2,1-2H3. The summed E-state index contributed by atoms with van der Waals surface area (Å²) < 4.78 is 40.7. The van der Waals surface area contributed by atoms with Crippen LogP contribution in [-0.2, 0) is 12.6 Å². The molecule has 1 aromatic heterocycles. The van der Waals surface area contributed by atoms with Gasteiger partial charge in [0.25, 0.3) is 0 Å². The van der Waals surface area contributed by atoms with E-state index in [9.17, 15) is 18.0 Å². The predicted octanol–water partition coefficient (Wildman–Crippen LogP) is 4.60. The first-order valence-corrected chi connectivity index (χ1v) is 7.95. The maximum absolute atomic E-state index is 13.2. The molecule has 0 aliphatic heterocycles. The Morgan fingerprint density at radius 2 is 1.76 bits per heavy atom. The molecular formula is C19H17F3N2O. The first-order valence-electron chi connectivity index (χ1n) is 7.95. The van der Waals surface area contributed by atoms with Gasteiger partial charge in [-0.15, -0.1) is 0 Å². The van der Waals surface area contributed by atoms with Gasteiger partial charge in [-0.3, -0.25) is 4.57 Å². The number of alkyl halides is 3. The van der Waals surface area contributed by atoms with Crippen LogP contribution >= 0.6 is 0 Å². The number of rotatable bonds is 3. The van der Waals surface area contributed by atoms with Gasteiger partial charge in [0.2, 0.25) is 0 Å². The normalized spacial score (nSPS) is 12.1. The van der Waals surface area contributed by atoms with Gasteiger partial charge in [-0.05, 0) is 36.6 Å². The lowest BCUT2D eigenvalue weighted by atomic mass is 10.0. The predicted molar refractivity (Wildman–Crippen MR) is 90.9 cm³/mol. The van der Waals surface area contributed by atoms with Crippen LogP contribution in [-0.4, -0.2) is 9.55 Å². The van der Waals surface area contributed by atoms with Crippen LogP contribution in [0.5, 0.6) is 0 Å². The second-order valence-corrected chi connectivity index (χ2v) is 6.34. The second-order valence-electron chi connectivity index (χ2n) is 6.34. The van der Waals surface area contributed by atoms with Crippen LogP contribution in [0.4, 0.5) is 13.2 Å². The Bertz CT molecular complexity index is 960. The molecule has 0 aliphatic rings. The Morgan fingerprint density at radius 1 is 1.08 bits per heavy atom. The summed E-state index contributed by atoms with van der Waals surface area (Å²) in [6.07, 6.45) is -3.96. The minimum atomic E-state index is -4.48. The van der Waals surface area contributed by atoms with Gasteiger partial charge in [0.15, 0.2) is 0 Å². The van der Waals surface area contributed by atoms with Crippen molar-refractivity contribution in [2.45, 2.75) is 26.4 Å². The Morgan fingerprint density at radius 3 is 2.36 bits per heavy atom. The fraction of sp³-hybridized carbons (Fsp3) is 0.263. The SMILES string of the molecule is CC(C)Cc1nc(=O)n(-c2ccccc2)c2cc(C(F)(F)F)ccc12. The van der Waals surface area contributed by atoms with Gasteiger partial charge in [-0.25, -0.2) is 4.79 Å². The van der Waals surface area contributed by atoms with E-state index >= 15 is 0 Å². The van der Waals surface area contributed by atoms with Crippen LogP contribution in [0.25, 0.3) is 16.6 Å². The topological polar surface area (TPSA) is 34.9 Å². The van der Waals surface area contributed by atoms with Gasteiger partial charge in [-0.1, -0.05) is 38.1 Å². The van der Waals surface area contributed by atoms with Crippen molar-refractivity contribution in [3.8, 4) is 5.69 Å². The first kappa shape index (κ1) is 17.2. The van der Waals surface area contributed by atoms with E-state index in [0.29, 0.717) is 23.2 Å². The third-order valence-electron chi connectivity index (χ3n) is 3.91. The molecule has 0 radical (unpaired) electrons. The van der Waals surface area contributed by atoms with E-state index in [2.05, 4.69) is 4.98 Å². The van der Waals surface area contributed by atoms with Gasteiger partial charge >= 0.3 is 11.9 Å². The largest absolute Gasteiger partial charge is 0.416 e. The summed E-state index contributed by atoms with van der Waals surface area (Å²) in [5, 5.41) is 0.560. The van der Waals surface area contributed by atoms with Crippen LogP contribution in [0, 0.1) is 5.92 Å². The minimum Gasteiger partial charge on any atom is -0.260 e. The molecule has 3 aromatic rings. The summed E-state index contributed by atoms with van der Waals surface area (Å²) >= 11 is 0. The zero-order valence-corrected chi connectivity index (χ0v) is 13.8. The van der Waals surface area contributed by atoms with E-state index in [1.54, 1.807) is 30.3 Å². The van der Waals surface area contributed by atoms with Gasteiger partial charge in [0.05, 0.1) is 22.5 Å². The highest BCUT2D eigenvalue weighted by Crippen LogP contribution is 2.32. The van der Waals surface area contributed by atoms with Crippen LogP contribution < -0.4 is 5.69 Å². The van der Waals surface area contributed by atoms with E-state index in [-0.39, 0.29) is 11.4 Å². The Kier molecular flexibility index (Phi) is 4.37. The van der Waals surface area contributed by atoms with Crippen molar-refractivity contribution < 1.29 is 13.2 Å². The van der Waals surface area contributed by atoms with Gasteiger partial charge in [-0.2, -0.15) is 18.2 Å². The number of halogens is 3. The van der Waals surface area contributed by atoms with Gasteiger partial charge < -0.3 is 0 Å². The van der Waals surface area contributed by atoms with Crippen LogP contribution in [0.2, 0.25) is 0 Å². The van der Waals surface area contributed by atoms with Crippen molar-refractivity contribution in [1.82, 2.24) is 9.55 Å². The quantitative estimate of drug-likeness (QED) is 0.694. The Hall–Kier alpha value is -2.63. The highest BCUT2D eigenvalue weighted by molar-refractivity contribution is 5.83. The fourth-order valence-electron chi connectivity index (χ4n) is 2.83. The lowest BCUT2D eigenvalue weighted by Crippen LogP contribution is -2.24. The molecule has 0 aliphatic carbocycles. The molecule has 0 atom stereocenters. The van der Waals surface area contributed by atoms with Crippen molar-refractivity contribution in [3.63, 3.8) is 0 Å². The second kappa shape index (κ2) is 6.35. The minimum absolute atomic E-state index is 0.219. The Labute approximate surface area is 142 Å². The summed E-state index contributed by atoms with van der Waals surface area (Å²) in [6.45, 7) is 3.95. The highest BCUT2D eigenvalue weighted by atomic mass is 19.4. The third kappa shape index (κ3) is 3.43. The molecule has 1 heterocycles. The summed E-state index contributed by atoms with van der Waals surface area (Å²) in [7, 11) is 0. The molecule has 2 aromatic carbocycles. The maximum atomic E-state index is 13.2. The van der Waals surface area contributed by atoms with Crippen LogP contribution in [0.3, 0.4) is 0 Å². The zero-order chi connectivity index (χ0) is 18.2. The van der Waals surface area contributed by atoms with Crippen molar-refractivity contribution in [1.29, 1.82) is 0 Å². The number of aromatic nitrogens is 2. The molecular weight excluding hydrogens is 329 g/mol. The Balaban J connectivity index is 2.38. The van der Waals surface area contributed by atoms with Gasteiger partial charge in [0.1, 0.15) is 0 Å². The van der Waals surface area contributed by atoms with Crippen molar-refractivity contribution in [3.05, 3.63) is 70.3 Å². The smallest absolute Gasteiger partial charge is 0.260 e. The summed E-state index contributed by atoms with van der Waals surface area (Å²) in [5.41, 5.74) is -0.132. The maximum Gasteiger partial charge on any atom is 0.416 e. The molecule has 130 valence electrons. The number of fused-ring (bicyclic) bond motifs is 1. The average Bonchev–Trinajstić information content (AvgIpc) is 2.54. The molecule has 3 rings (SSSR count). The summed E-state index contributed by atoms with van der Waals surface area (Å²) in [6, 6.07) is 12.0. The number of nitrogens with zero attached hydrogens (tertiary/aromatic N) is 2. The molecule has 3 nitrogen and oxygen atoms in total. The molecule has 0 saturated carbocycles. The average molecular weight is 346 g/mol. The number of benzene rings is 2. The lowest BCUT2D eigenvalue weighted by molar-refractivity contribution is -0.137. The monoisotopic (exact) mass is 346 g/mol. The summed E-state index contributed by atoms with van der Waals surface area (Å²) in [4.78, 5) is 16.7. The third-order valence-corrected chi connectivity index (χ3v) is 3.91. The van der Waals surface area contributed by atoms with E-state index in [1.165, 1.54) is 10.6 Å². The van der Waals surface area contributed by atoms with E-state index in [4.69, 9.17) is 0 Å². The number of hydrogen-bond acceptors (Lipinski definition) is 2. The first-order chi connectivity index (χ1) is 11.8. The van der Waals surface area contributed by atoms with Crippen molar-refractivity contribution >= 4 is 10.9 Å².